The van der Waals surface area contributed by atoms with E-state index in [1.165, 1.54) is 0 Å². The van der Waals surface area contributed by atoms with Gasteiger partial charge in [-0.3, -0.25) is 19.7 Å². The SMILES string of the molecule is CC(=O)O.c1ccc(-c2nnnc(-c3ccccn3)c2-c2ccccn2)nc1. The lowest BCUT2D eigenvalue weighted by atomic mass is 10.0. The van der Waals surface area contributed by atoms with Gasteiger partial charge >= 0.3 is 0 Å². The number of carboxylic acid groups (broad SMARTS) is 1. The summed E-state index contributed by atoms with van der Waals surface area (Å²) in [6, 6.07) is 17.0. The largest absolute Gasteiger partial charge is 0.481 e. The molecule has 4 aromatic rings. The van der Waals surface area contributed by atoms with E-state index in [1.807, 2.05) is 54.6 Å². The van der Waals surface area contributed by atoms with E-state index in [4.69, 9.17) is 9.90 Å². The maximum atomic E-state index is 9.00. The molecular weight excluding hydrogens is 356 g/mol. The molecule has 0 saturated heterocycles. The first-order valence-electron chi connectivity index (χ1n) is 8.34. The van der Waals surface area contributed by atoms with E-state index in [9.17, 15) is 0 Å². The molecule has 0 aliphatic carbocycles. The first-order valence-corrected chi connectivity index (χ1v) is 8.34. The summed E-state index contributed by atoms with van der Waals surface area (Å²) in [6.07, 6.45) is 5.18. The molecule has 8 nitrogen and oxygen atoms in total. The summed E-state index contributed by atoms with van der Waals surface area (Å²) in [5, 5.41) is 19.8. The predicted molar refractivity (Wildman–Crippen MR) is 103 cm³/mol. The number of nitrogens with zero attached hydrogens (tertiary/aromatic N) is 6. The topological polar surface area (TPSA) is 115 Å². The fraction of sp³-hybridized carbons (Fsp3) is 0.0500. The number of aliphatic carboxylic acids is 1. The van der Waals surface area contributed by atoms with Crippen molar-refractivity contribution >= 4 is 5.97 Å². The van der Waals surface area contributed by atoms with Gasteiger partial charge < -0.3 is 5.11 Å². The first kappa shape index (κ1) is 18.7. The second kappa shape index (κ2) is 9.04. The third kappa shape index (κ3) is 4.55. The van der Waals surface area contributed by atoms with Crippen molar-refractivity contribution in [1.82, 2.24) is 30.4 Å². The average molecular weight is 372 g/mol. The van der Waals surface area contributed by atoms with Gasteiger partial charge in [0.1, 0.15) is 11.4 Å². The Labute approximate surface area is 161 Å². The third-order valence-corrected chi connectivity index (χ3v) is 3.50. The van der Waals surface area contributed by atoms with E-state index in [0.717, 1.165) is 18.2 Å². The van der Waals surface area contributed by atoms with Gasteiger partial charge in [-0.1, -0.05) is 18.2 Å². The van der Waals surface area contributed by atoms with Crippen LogP contribution in [0.25, 0.3) is 34.0 Å². The van der Waals surface area contributed by atoms with E-state index >= 15 is 0 Å². The summed E-state index contributed by atoms with van der Waals surface area (Å²) in [6.45, 7) is 1.08. The van der Waals surface area contributed by atoms with Crippen molar-refractivity contribution in [3.05, 3.63) is 73.2 Å². The number of hydrogen-bond donors (Lipinski definition) is 1. The van der Waals surface area contributed by atoms with Gasteiger partial charge in [0.15, 0.2) is 0 Å². The van der Waals surface area contributed by atoms with Crippen molar-refractivity contribution in [2.45, 2.75) is 6.92 Å². The van der Waals surface area contributed by atoms with Crippen LogP contribution in [-0.2, 0) is 4.79 Å². The Hall–Kier alpha value is -4.07. The average Bonchev–Trinajstić information content (AvgIpc) is 2.75. The molecule has 4 aromatic heterocycles. The van der Waals surface area contributed by atoms with Crippen LogP contribution in [0.15, 0.2) is 73.2 Å². The van der Waals surface area contributed by atoms with Crippen LogP contribution in [0.3, 0.4) is 0 Å². The summed E-state index contributed by atoms with van der Waals surface area (Å²) in [5.41, 5.74) is 4.20. The molecule has 4 rings (SSSR count). The summed E-state index contributed by atoms with van der Waals surface area (Å²) in [5.74, 6) is -0.833. The van der Waals surface area contributed by atoms with Crippen LogP contribution in [0.2, 0.25) is 0 Å². The van der Waals surface area contributed by atoms with E-state index < -0.39 is 5.97 Å². The minimum atomic E-state index is -0.833. The fourth-order valence-electron chi connectivity index (χ4n) is 2.44. The smallest absolute Gasteiger partial charge is 0.300 e. The number of pyridine rings is 3. The van der Waals surface area contributed by atoms with Crippen molar-refractivity contribution in [3.63, 3.8) is 0 Å². The van der Waals surface area contributed by atoms with Crippen LogP contribution < -0.4 is 0 Å². The standard InChI is InChI=1S/C18H12N6.C2H4O2/c1-4-10-19-13(7-1)16-17(14-8-2-5-11-20-14)22-24-23-18(16)15-9-3-6-12-21-15;1-2(3)4/h1-12H;1H3,(H,3,4). The van der Waals surface area contributed by atoms with Crippen molar-refractivity contribution in [3.8, 4) is 34.0 Å². The lowest BCUT2D eigenvalue weighted by Crippen LogP contribution is -2.02. The zero-order chi connectivity index (χ0) is 19.8. The predicted octanol–water partition coefficient (Wildman–Crippen LogP) is 3.15. The molecule has 138 valence electrons. The van der Waals surface area contributed by atoms with Gasteiger partial charge in [-0.25, -0.2) is 0 Å². The molecule has 0 atom stereocenters. The molecule has 0 fully saturated rings. The zero-order valence-corrected chi connectivity index (χ0v) is 15.0. The van der Waals surface area contributed by atoms with Gasteiger partial charge in [-0.2, -0.15) is 0 Å². The van der Waals surface area contributed by atoms with Crippen molar-refractivity contribution in [1.29, 1.82) is 0 Å². The molecule has 28 heavy (non-hydrogen) atoms. The molecule has 0 amide bonds. The highest BCUT2D eigenvalue weighted by Crippen LogP contribution is 2.34. The van der Waals surface area contributed by atoms with E-state index in [-0.39, 0.29) is 0 Å². The Bertz CT molecular complexity index is 982. The maximum Gasteiger partial charge on any atom is 0.300 e. The molecular formula is C20H16N6O2. The van der Waals surface area contributed by atoms with E-state index in [2.05, 4.69) is 30.4 Å². The van der Waals surface area contributed by atoms with Gasteiger partial charge in [0, 0.05) is 25.5 Å². The van der Waals surface area contributed by atoms with Gasteiger partial charge in [-0.05, 0) is 41.6 Å². The van der Waals surface area contributed by atoms with Crippen molar-refractivity contribution in [2.75, 3.05) is 0 Å². The molecule has 4 heterocycles. The fourth-order valence-corrected chi connectivity index (χ4v) is 2.44. The lowest BCUT2D eigenvalue weighted by molar-refractivity contribution is -0.134. The first-order chi connectivity index (χ1) is 13.7. The highest BCUT2D eigenvalue weighted by atomic mass is 16.4. The molecule has 0 bridgehead atoms. The lowest BCUT2D eigenvalue weighted by Gasteiger charge is -2.10. The third-order valence-electron chi connectivity index (χ3n) is 3.50. The van der Waals surface area contributed by atoms with E-state index in [0.29, 0.717) is 22.8 Å². The molecule has 0 aliphatic rings. The molecule has 0 radical (unpaired) electrons. The molecule has 8 heteroatoms. The van der Waals surface area contributed by atoms with Crippen LogP contribution >= 0.6 is 0 Å². The van der Waals surface area contributed by atoms with Crippen LogP contribution in [0.5, 0.6) is 0 Å². The van der Waals surface area contributed by atoms with Crippen molar-refractivity contribution in [2.24, 2.45) is 0 Å². The Morgan fingerprint density at radius 1 is 0.714 bits per heavy atom. The summed E-state index contributed by atoms with van der Waals surface area (Å²) in [7, 11) is 0. The van der Waals surface area contributed by atoms with Crippen LogP contribution in [0, 0.1) is 0 Å². The second-order valence-electron chi connectivity index (χ2n) is 5.53. The molecule has 1 N–H and O–H groups in total. The second-order valence-corrected chi connectivity index (χ2v) is 5.53. The molecule has 0 saturated carbocycles. The number of hydrogen-bond acceptors (Lipinski definition) is 7. The summed E-state index contributed by atoms with van der Waals surface area (Å²) < 4.78 is 0. The molecule has 0 aliphatic heterocycles. The number of carboxylic acids is 1. The van der Waals surface area contributed by atoms with Gasteiger partial charge in [-0.15, -0.1) is 10.2 Å². The monoisotopic (exact) mass is 372 g/mol. The number of aromatic nitrogens is 6. The Balaban J connectivity index is 0.000000516. The highest BCUT2D eigenvalue weighted by molar-refractivity contribution is 5.87. The van der Waals surface area contributed by atoms with Crippen LogP contribution in [0.1, 0.15) is 6.92 Å². The minimum Gasteiger partial charge on any atom is -0.481 e. The molecule has 0 aromatic carbocycles. The molecule has 0 unspecified atom stereocenters. The van der Waals surface area contributed by atoms with Crippen molar-refractivity contribution < 1.29 is 9.90 Å². The normalized spacial score (nSPS) is 9.89. The Morgan fingerprint density at radius 3 is 1.46 bits per heavy atom. The van der Waals surface area contributed by atoms with Crippen LogP contribution in [-0.4, -0.2) is 41.4 Å². The van der Waals surface area contributed by atoms with E-state index in [1.54, 1.807) is 18.6 Å². The Morgan fingerprint density at radius 2 is 1.11 bits per heavy atom. The number of carbonyl (C=O) groups is 1. The van der Waals surface area contributed by atoms with Gasteiger partial charge in [0.2, 0.25) is 0 Å². The zero-order valence-electron chi connectivity index (χ0n) is 15.0. The van der Waals surface area contributed by atoms with Crippen LogP contribution in [0.4, 0.5) is 0 Å². The quantitative estimate of drug-likeness (QED) is 0.583. The van der Waals surface area contributed by atoms with Gasteiger partial charge in [0.05, 0.1) is 22.6 Å². The maximum absolute atomic E-state index is 9.00. The number of rotatable bonds is 3. The minimum absolute atomic E-state index is 0.630. The summed E-state index contributed by atoms with van der Waals surface area (Å²) >= 11 is 0. The highest BCUT2D eigenvalue weighted by Gasteiger charge is 2.19. The van der Waals surface area contributed by atoms with Gasteiger partial charge in [0.25, 0.3) is 5.97 Å². The Kier molecular flexibility index (Phi) is 6.04. The summed E-state index contributed by atoms with van der Waals surface area (Å²) in [4.78, 5) is 22.2. The molecule has 0 spiro atoms.